The molecular formula is C16H18N2O4. The number of hydrogen-bond donors (Lipinski definition) is 2. The number of carbonyl (C=O) groups is 2. The van der Waals surface area contributed by atoms with Gasteiger partial charge in [0.05, 0.1) is 11.6 Å². The van der Waals surface area contributed by atoms with Crippen LogP contribution in [0.25, 0.3) is 0 Å². The number of rotatable bonds is 6. The Kier molecular flexibility index (Phi) is 4.93. The van der Waals surface area contributed by atoms with Crippen LogP contribution in [0.3, 0.4) is 0 Å². The molecule has 22 heavy (non-hydrogen) atoms. The standard InChI is InChI=1S/C16H18N2O4/c1-10-14(22-11(2)18-10)15(19)17-9-13(16(20)21)8-12-6-4-3-5-7-12/h3-7,13H,8-9H2,1-2H3,(H,17,19)(H,20,21). The number of aryl methyl sites for hydroxylation is 2. The van der Waals surface area contributed by atoms with E-state index in [2.05, 4.69) is 10.3 Å². The van der Waals surface area contributed by atoms with Crippen molar-refractivity contribution in [1.29, 1.82) is 0 Å². The molecule has 1 aromatic heterocycles. The number of aromatic nitrogens is 1. The summed E-state index contributed by atoms with van der Waals surface area (Å²) in [6, 6.07) is 9.31. The lowest BCUT2D eigenvalue weighted by molar-refractivity contribution is -0.141. The lowest BCUT2D eigenvalue weighted by Crippen LogP contribution is -2.34. The molecular weight excluding hydrogens is 284 g/mol. The van der Waals surface area contributed by atoms with Crippen molar-refractivity contribution in [3.8, 4) is 0 Å². The number of aliphatic carboxylic acids is 1. The Labute approximate surface area is 128 Å². The third-order valence-electron chi connectivity index (χ3n) is 3.29. The summed E-state index contributed by atoms with van der Waals surface area (Å²) in [7, 11) is 0. The summed E-state index contributed by atoms with van der Waals surface area (Å²) in [6.07, 6.45) is 0.352. The number of carboxylic acid groups (broad SMARTS) is 1. The average molecular weight is 302 g/mol. The fourth-order valence-electron chi connectivity index (χ4n) is 2.18. The van der Waals surface area contributed by atoms with Crippen LogP contribution in [0.4, 0.5) is 0 Å². The fourth-order valence-corrected chi connectivity index (χ4v) is 2.18. The largest absolute Gasteiger partial charge is 0.481 e. The molecule has 1 aromatic carbocycles. The van der Waals surface area contributed by atoms with E-state index in [4.69, 9.17) is 4.42 Å². The average Bonchev–Trinajstić information content (AvgIpc) is 2.82. The van der Waals surface area contributed by atoms with E-state index in [1.54, 1.807) is 13.8 Å². The van der Waals surface area contributed by atoms with Gasteiger partial charge >= 0.3 is 5.97 Å². The van der Waals surface area contributed by atoms with Gasteiger partial charge in [-0.2, -0.15) is 0 Å². The van der Waals surface area contributed by atoms with Crippen molar-refractivity contribution in [2.24, 2.45) is 5.92 Å². The van der Waals surface area contributed by atoms with Gasteiger partial charge in [-0.3, -0.25) is 9.59 Å². The Balaban J connectivity index is 1.99. The number of nitrogens with zero attached hydrogens (tertiary/aromatic N) is 1. The predicted octanol–water partition coefficient (Wildman–Crippen LogP) is 1.96. The van der Waals surface area contributed by atoms with Crippen LogP contribution in [0, 0.1) is 19.8 Å². The minimum atomic E-state index is -0.949. The first kappa shape index (κ1) is 15.8. The molecule has 6 heteroatoms. The molecule has 0 radical (unpaired) electrons. The Morgan fingerprint density at radius 2 is 1.95 bits per heavy atom. The molecule has 2 aromatic rings. The van der Waals surface area contributed by atoms with Crippen LogP contribution in [0.15, 0.2) is 34.7 Å². The van der Waals surface area contributed by atoms with Gasteiger partial charge in [0.15, 0.2) is 5.89 Å². The zero-order chi connectivity index (χ0) is 16.1. The van der Waals surface area contributed by atoms with Crippen molar-refractivity contribution in [2.45, 2.75) is 20.3 Å². The third kappa shape index (κ3) is 3.94. The molecule has 0 bridgehead atoms. The normalized spacial score (nSPS) is 11.9. The number of oxazole rings is 1. The highest BCUT2D eigenvalue weighted by atomic mass is 16.4. The topological polar surface area (TPSA) is 92.4 Å². The quantitative estimate of drug-likeness (QED) is 0.851. The second-order valence-electron chi connectivity index (χ2n) is 5.08. The lowest BCUT2D eigenvalue weighted by Gasteiger charge is -2.13. The summed E-state index contributed by atoms with van der Waals surface area (Å²) < 4.78 is 5.22. The van der Waals surface area contributed by atoms with E-state index in [-0.39, 0.29) is 12.3 Å². The second-order valence-corrected chi connectivity index (χ2v) is 5.08. The van der Waals surface area contributed by atoms with Gasteiger partial charge in [0, 0.05) is 13.5 Å². The van der Waals surface area contributed by atoms with Crippen molar-refractivity contribution in [1.82, 2.24) is 10.3 Å². The SMILES string of the molecule is Cc1nc(C)c(C(=O)NCC(Cc2ccccc2)C(=O)O)o1. The van der Waals surface area contributed by atoms with Gasteiger partial charge in [-0.25, -0.2) is 4.98 Å². The number of nitrogens with one attached hydrogen (secondary N) is 1. The zero-order valence-corrected chi connectivity index (χ0v) is 12.5. The van der Waals surface area contributed by atoms with Crippen LogP contribution < -0.4 is 5.32 Å². The van der Waals surface area contributed by atoms with E-state index in [0.717, 1.165) is 5.56 Å². The Bertz CT molecular complexity index is 664. The van der Waals surface area contributed by atoms with Crippen LogP contribution in [0.5, 0.6) is 0 Å². The van der Waals surface area contributed by atoms with Crippen molar-refractivity contribution in [2.75, 3.05) is 6.54 Å². The first-order chi connectivity index (χ1) is 10.5. The fraction of sp³-hybridized carbons (Fsp3) is 0.312. The van der Waals surface area contributed by atoms with E-state index in [0.29, 0.717) is 18.0 Å². The van der Waals surface area contributed by atoms with Gasteiger partial charge in [-0.15, -0.1) is 0 Å². The molecule has 116 valence electrons. The van der Waals surface area contributed by atoms with E-state index in [1.807, 2.05) is 30.3 Å². The summed E-state index contributed by atoms with van der Waals surface area (Å²) in [4.78, 5) is 27.4. The van der Waals surface area contributed by atoms with Crippen molar-refractivity contribution < 1.29 is 19.1 Å². The number of carboxylic acids is 1. The van der Waals surface area contributed by atoms with Crippen LogP contribution in [0.2, 0.25) is 0 Å². The molecule has 6 nitrogen and oxygen atoms in total. The van der Waals surface area contributed by atoms with E-state index >= 15 is 0 Å². The summed E-state index contributed by atoms with van der Waals surface area (Å²) in [5.74, 6) is -1.56. The number of carbonyl (C=O) groups excluding carboxylic acids is 1. The highest BCUT2D eigenvalue weighted by molar-refractivity contribution is 5.92. The highest BCUT2D eigenvalue weighted by Crippen LogP contribution is 2.11. The molecule has 1 amide bonds. The van der Waals surface area contributed by atoms with Crippen LogP contribution in [-0.2, 0) is 11.2 Å². The van der Waals surface area contributed by atoms with E-state index in [9.17, 15) is 14.7 Å². The third-order valence-corrected chi connectivity index (χ3v) is 3.29. The first-order valence-electron chi connectivity index (χ1n) is 6.96. The molecule has 0 aliphatic carbocycles. The Morgan fingerprint density at radius 3 is 2.50 bits per heavy atom. The molecule has 2 N–H and O–H groups in total. The molecule has 1 atom stereocenters. The number of hydrogen-bond acceptors (Lipinski definition) is 4. The van der Waals surface area contributed by atoms with Gasteiger partial charge in [0.2, 0.25) is 5.76 Å². The predicted molar refractivity (Wildman–Crippen MR) is 79.6 cm³/mol. The lowest BCUT2D eigenvalue weighted by atomic mass is 9.99. The maximum absolute atomic E-state index is 12.0. The van der Waals surface area contributed by atoms with Gasteiger partial charge in [-0.1, -0.05) is 30.3 Å². The molecule has 1 heterocycles. The van der Waals surface area contributed by atoms with Gasteiger partial charge in [0.25, 0.3) is 5.91 Å². The summed E-state index contributed by atoms with van der Waals surface area (Å²) >= 11 is 0. The van der Waals surface area contributed by atoms with Gasteiger partial charge in [-0.05, 0) is 18.9 Å². The van der Waals surface area contributed by atoms with Crippen molar-refractivity contribution >= 4 is 11.9 Å². The van der Waals surface area contributed by atoms with Crippen LogP contribution in [0.1, 0.15) is 27.7 Å². The minimum absolute atomic E-state index is 0.0300. The Hall–Kier alpha value is -2.63. The van der Waals surface area contributed by atoms with Crippen molar-refractivity contribution in [3.63, 3.8) is 0 Å². The minimum Gasteiger partial charge on any atom is -0.481 e. The van der Waals surface area contributed by atoms with E-state index in [1.165, 1.54) is 0 Å². The molecule has 1 unspecified atom stereocenters. The molecule has 0 aliphatic rings. The molecule has 0 fully saturated rings. The second kappa shape index (κ2) is 6.89. The highest BCUT2D eigenvalue weighted by Gasteiger charge is 2.21. The monoisotopic (exact) mass is 302 g/mol. The number of amides is 1. The van der Waals surface area contributed by atoms with Gasteiger partial charge < -0.3 is 14.8 Å². The molecule has 0 saturated heterocycles. The zero-order valence-electron chi connectivity index (χ0n) is 12.5. The van der Waals surface area contributed by atoms with Crippen molar-refractivity contribution in [3.05, 3.63) is 53.2 Å². The maximum Gasteiger partial charge on any atom is 0.308 e. The summed E-state index contributed by atoms with van der Waals surface area (Å²) in [5.41, 5.74) is 1.40. The maximum atomic E-state index is 12.0. The van der Waals surface area contributed by atoms with E-state index < -0.39 is 17.8 Å². The molecule has 0 saturated carbocycles. The molecule has 2 rings (SSSR count). The smallest absolute Gasteiger partial charge is 0.308 e. The van der Waals surface area contributed by atoms with Crippen LogP contribution in [-0.4, -0.2) is 28.5 Å². The molecule has 0 spiro atoms. The summed E-state index contributed by atoms with van der Waals surface area (Å²) in [5, 5.41) is 11.9. The Morgan fingerprint density at radius 1 is 1.27 bits per heavy atom. The van der Waals surface area contributed by atoms with Gasteiger partial charge in [0.1, 0.15) is 0 Å². The molecule has 0 aliphatic heterocycles. The summed E-state index contributed by atoms with van der Waals surface area (Å²) in [6.45, 7) is 3.35. The number of benzene rings is 1. The first-order valence-corrected chi connectivity index (χ1v) is 6.96. The van der Waals surface area contributed by atoms with Crippen LogP contribution >= 0.6 is 0 Å².